The first-order chi connectivity index (χ1) is 23.7. The summed E-state index contributed by atoms with van der Waals surface area (Å²) >= 11 is 0. The summed E-state index contributed by atoms with van der Waals surface area (Å²) in [6, 6.07) is -1.19. The summed E-state index contributed by atoms with van der Waals surface area (Å²) in [6.45, 7) is 3.33. The molecule has 8 N–H and O–H groups in total. The minimum Gasteiger partial charge on any atom is -0.394 e. The van der Waals surface area contributed by atoms with Crippen LogP contribution >= 0.6 is 0 Å². The van der Waals surface area contributed by atoms with E-state index in [9.17, 15) is 40.5 Å². The molecular formula is C38H71NO10. The fraction of sp³-hybridized carbons (Fsp3) is 0.868. The predicted octanol–water partition coefficient (Wildman–Crippen LogP) is 4.32. The lowest BCUT2D eigenvalue weighted by molar-refractivity contribution is -0.303. The molecule has 0 aliphatic carbocycles. The zero-order chi connectivity index (χ0) is 36.3. The van der Waals surface area contributed by atoms with Gasteiger partial charge in [-0.2, -0.15) is 0 Å². The highest BCUT2D eigenvalue weighted by Crippen LogP contribution is 2.23. The minimum atomic E-state index is -1.67. The van der Waals surface area contributed by atoms with E-state index in [-0.39, 0.29) is 6.42 Å². The van der Waals surface area contributed by atoms with Gasteiger partial charge in [-0.1, -0.05) is 134 Å². The molecule has 11 heteroatoms. The van der Waals surface area contributed by atoms with Gasteiger partial charge in [0, 0.05) is 6.42 Å². The van der Waals surface area contributed by atoms with Crippen LogP contribution in [-0.4, -0.2) is 110 Å². The molecule has 0 aromatic heterocycles. The van der Waals surface area contributed by atoms with Gasteiger partial charge < -0.3 is 50.5 Å². The number of carbonyl (C=O) groups excluding carboxylic acids is 1. The Morgan fingerprint density at radius 2 is 1.29 bits per heavy atom. The van der Waals surface area contributed by atoms with Gasteiger partial charge >= 0.3 is 0 Å². The van der Waals surface area contributed by atoms with Crippen LogP contribution in [0.4, 0.5) is 0 Å². The molecule has 1 aliphatic heterocycles. The first-order valence-corrected chi connectivity index (χ1v) is 19.2. The summed E-state index contributed by atoms with van der Waals surface area (Å²) in [5, 5.41) is 74.9. The van der Waals surface area contributed by atoms with Crippen LogP contribution in [0.5, 0.6) is 0 Å². The molecule has 0 aromatic carbocycles. The van der Waals surface area contributed by atoms with Crippen LogP contribution in [0.3, 0.4) is 0 Å². The quantitative estimate of drug-likeness (QED) is 0.0396. The van der Waals surface area contributed by atoms with E-state index in [0.717, 1.165) is 25.7 Å². The van der Waals surface area contributed by atoms with Gasteiger partial charge in [0.15, 0.2) is 6.29 Å². The lowest BCUT2D eigenvalue weighted by Crippen LogP contribution is -2.60. The molecule has 0 aromatic rings. The van der Waals surface area contributed by atoms with Crippen molar-refractivity contribution in [3.8, 4) is 0 Å². The van der Waals surface area contributed by atoms with Gasteiger partial charge in [-0.3, -0.25) is 4.79 Å². The summed E-state index contributed by atoms with van der Waals surface area (Å²) in [6.07, 6.45) is 16.9. The second-order valence-corrected chi connectivity index (χ2v) is 13.7. The van der Waals surface area contributed by atoms with E-state index < -0.39 is 74.2 Å². The van der Waals surface area contributed by atoms with Crippen molar-refractivity contribution < 1.29 is 50.0 Å². The molecule has 1 fully saturated rings. The first kappa shape index (κ1) is 45.6. The van der Waals surface area contributed by atoms with Crippen molar-refractivity contribution in [2.45, 2.75) is 197 Å². The Kier molecular flexibility index (Phi) is 27.2. The van der Waals surface area contributed by atoms with Crippen molar-refractivity contribution in [2.75, 3.05) is 13.2 Å². The Labute approximate surface area is 295 Å². The van der Waals surface area contributed by atoms with Crippen molar-refractivity contribution in [2.24, 2.45) is 0 Å². The molecule has 0 spiro atoms. The number of allylic oxidation sites excluding steroid dienone is 3. The molecule has 11 nitrogen and oxygen atoms in total. The number of hydrogen-bond acceptors (Lipinski definition) is 10. The highest BCUT2D eigenvalue weighted by atomic mass is 16.7. The van der Waals surface area contributed by atoms with Crippen molar-refractivity contribution in [1.29, 1.82) is 0 Å². The Bertz CT molecular complexity index is 856. The van der Waals surface area contributed by atoms with E-state index in [2.05, 4.69) is 31.3 Å². The molecule has 1 saturated heterocycles. The smallest absolute Gasteiger partial charge is 0.249 e. The molecular weight excluding hydrogens is 630 g/mol. The van der Waals surface area contributed by atoms with Crippen LogP contribution in [-0.2, 0) is 14.3 Å². The highest BCUT2D eigenvalue weighted by molar-refractivity contribution is 5.81. The largest absolute Gasteiger partial charge is 0.394 e. The molecule has 9 unspecified atom stereocenters. The van der Waals surface area contributed by atoms with Crippen LogP contribution in [0, 0.1) is 0 Å². The van der Waals surface area contributed by atoms with Crippen molar-refractivity contribution >= 4 is 5.91 Å². The molecule has 1 aliphatic rings. The zero-order valence-corrected chi connectivity index (χ0v) is 30.4. The molecule has 0 radical (unpaired) electrons. The normalized spacial score (nSPS) is 24.0. The van der Waals surface area contributed by atoms with E-state index in [1.807, 2.05) is 6.08 Å². The third kappa shape index (κ3) is 20.3. The standard InChI is InChI=1S/C38H71NO10/c1-3-5-7-9-11-13-15-16-18-20-22-24-26-31(42)37(47)39-29(28-48-38-36(46)35(45)34(44)32(27-40)49-38)33(43)30(41)25-23-21-19-17-14-12-10-8-6-4-2/h16,18,22,24,29-36,38,40-46H,3-15,17,19-21,23,25-28H2,1-2H3,(H,39,47)/b18-16-,24-22-. The van der Waals surface area contributed by atoms with Gasteiger partial charge in [-0.15, -0.1) is 0 Å². The second-order valence-electron chi connectivity index (χ2n) is 13.7. The van der Waals surface area contributed by atoms with Gasteiger partial charge in [0.05, 0.1) is 25.4 Å². The summed E-state index contributed by atoms with van der Waals surface area (Å²) in [4.78, 5) is 12.9. The average Bonchev–Trinajstić information content (AvgIpc) is 3.10. The second kappa shape index (κ2) is 29.2. The summed E-state index contributed by atoms with van der Waals surface area (Å²) in [5.74, 6) is -0.768. The average molecular weight is 702 g/mol. The number of carbonyl (C=O) groups is 1. The third-order valence-corrected chi connectivity index (χ3v) is 9.27. The van der Waals surface area contributed by atoms with Gasteiger partial charge in [0.25, 0.3) is 0 Å². The molecule has 1 rings (SSSR count). The molecule has 0 saturated carbocycles. The molecule has 49 heavy (non-hydrogen) atoms. The SMILES string of the molecule is CCCCCCCC/C=C\C/C=C\CC(O)C(=O)NC(COC1OC(CO)C(O)C(O)C1O)C(O)C(O)CCCCCCCCCCCC. The zero-order valence-electron chi connectivity index (χ0n) is 30.4. The Hall–Kier alpha value is -1.41. The maximum Gasteiger partial charge on any atom is 0.249 e. The lowest BCUT2D eigenvalue weighted by Gasteiger charge is -2.40. The number of unbranched alkanes of at least 4 members (excludes halogenated alkanes) is 15. The van der Waals surface area contributed by atoms with E-state index >= 15 is 0 Å². The Morgan fingerprint density at radius 3 is 1.88 bits per heavy atom. The number of amides is 1. The van der Waals surface area contributed by atoms with E-state index in [4.69, 9.17) is 9.47 Å². The fourth-order valence-corrected chi connectivity index (χ4v) is 5.95. The number of nitrogens with one attached hydrogen (secondary N) is 1. The maximum absolute atomic E-state index is 12.9. The van der Waals surface area contributed by atoms with Crippen LogP contribution in [0.15, 0.2) is 24.3 Å². The van der Waals surface area contributed by atoms with Gasteiger partial charge in [0.2, 0.25) is 5.91 Å². The summed E-state index contributed by atoms with van der Waals surface area (Å²) < 4.78 is 11.0. The van der Waals surface area contributed by atoms with Gasteiger partial charge in [-0.25, -0.2) is 0 Å². The number of aliphatic hydroxyl groups excluding tert-OH is 7. The van der Waals surface area contributed by atoms with Crippen molar-refractivity contribution in [3.05, 3.63) is 24.3 Å². The highest BCUT2D eigenvalue weighted by Gasteiger charge is 2.44. The summed E-state index contributed by atoms with van der Waals surface area (Å²) in [7, 11) is 0. The van der Waals surface area contributed by atoms with E-state index in [1.165, 1.54) is 77.0 Å². The lowest BCUT2D eigenvalue weighted by atomic mass is 9.98. The van der Waals surface area contributed by atoms with Gasteiger partial charge in [-0.05, 0) is 25.7 Å². The van der Waals surface area contributed by atoms with Crippen LogP contribution < -0.4 is 5.32 Å². The van der Waals surface area contributed by atoms with Crippen LogP contribution in [0.25, 0.3) is 0 Å². The molecule has 9 atom stereocenters. The first-order valence-electron chi connectivity index (χ1n) is 19.2. The molecule has 0 bridgehead atoms. The van der Waals surface area contributed by atoms with E-state index in [1.54, 1.807) is 6.08 Å². The number of rotatable bonds is 30. The topological polar surface area (TPSA) is 189 Å². The maximum atomic E-state index is 12.9. The third-order valence-electron chi connectivity index (χ3n) is 9.27. The number of aliphatic hydroxyl groups is 7. The Morgan fingerprint density at radius 1 is 0.735 bits per heavy atom. The Balaban J connectivity index is 2.64. The summed E-state index contributed by atoms with van der Waals surface area (Å²) in [5.41, 5.74) is 0. The molecule has 1 amide bonds. The monoisotopic (exact) mass is 702 g/mol. The minimum absolute atomic E-state index is 0.0502. The number of ether oxygens (including phenoxy) is 2. The number of hydrogen-bond donors (Lipinski definition) is 8. The predicted molar refractivity (Wildman–Crippen MR) is 192 cm³/mol. The molecule has 1 heterocycles. The van der Waals surface area contributed by atoms with Crippen molar-refractivity contribution in [3.63, 3.8) is 0 Å². The fourth-order valence-electron chi connectivity index (χ4n) is 5.95. The van der Waals surface area contributed by atoms with Crippen LogP contribution in [0.2, 0.25) is 0 Å². The van der Waals surface area contributed by atoms with E-state index in [0.29, 0.717) is 19.3 Å². The molecule has 288 valence electrons. The van der Waals surface area contributed by atoms with Gasteiger partial charge in [0.1, 0.15) is 36.6 Å². The van der Waals surface area contributed by atoms with Crippen LogP contribution in [0.1, 0.15) is 142 Å². The van der Waals surface area contributed by atoms with Crippen molar-refractivity contribution in [1.82, 2.24) is 5.32 Å².